The minimum absolute atomic E-state index is 0.0533. The largest absolute Gasteiger partial charge is 0.435 e. The van der Waals surface area contributed by atoms with Crippen LogP contribution >= 0.6 is 0 Å². The van der Waals surface area contributed by atoms with E-state index in [9.17, 15) is 9.59 Å². The maximum Gasteiger partial charge on any atom is 0.435 e. The van der Waals surface area contributed by atoms with E-state index >= 15 is 0 Å². The SMILES string of the molecule is CC(C)(C)C(=O)/C(=N\OC(=O)N1CCCCC1)c1nc2ccccc2o1. The van der Waals surface area contributed by atoms with Crippen LogP contribution in [-0.4, -0.2) is 40.6 Å². The van der Waals surface area contributed by atoms with Crippen molar-refractivity contribution in [3.05, 3.63) is 30.2 Å². The highest BCUT2D eigenvalue weighted by atomic mass is 16.7. The Labute approximate surface area is 152 Å². The quantitative estimate of drug-likeness (QED) is 0.474. The van der Waals surface area contributed by atoms with E-state index in [1.807, 2.05) is 12.1 Å². The molecule has 0 aliphatic carbocycles. The molecule has 0 unspecified atom stereocenters. The first-order valence-electron chi connectivity index (χ1n) is 8.81. The van der Waals surface area contributed by atoms with Crippen molar-refractivity contribution < 1.29 is 18.8 Å². The minimum atomic E-state index is -0.725. The molecule has 2 aromatic rings. The van der Waals surface area contributed by atoms with Crippen LogP contribution in [0.2, 0.25) is 0 Å². The van der Waals surface area contributed by atoms with Crippen LogP contribution in [0.15, 0.2) is 33.8 Å². The van der Waals surface area contributed by atoms with Gasteiger partial charge in [-0.2, -0.15) is 0 Å². The average molecular weight is 357 g/mol. The fourth-order valence-corrected chi connectivity index (χ4v) is 2.73. The van der Waals surface area contributed by atoms with Crippen LogP contribution in [0.5, 0.6) is 0 Å². The van der Waals surface area contributed by atoms with Crippen molar-refractivity contribution in [1.82, 2.24) is 9.88 Å². The van der Waals surface area contributed by atoms with E-state index in [0.717, 1.165) is 19.3 Å². The molecule has 1 saturated heterocycles. The van der Waals surface area contributed by atoms with Crippen LogP contribution in [0.25, 0.3) is 11.1 Å². The molecule has 0 bridgehead atoms. The van der Waals surface area contributed by atoms with Gasteiger partial charge in [0.25, 0.3) is 5.89 Å². The number of likely N-dealkylation sites (tertiary alicyclic amines) is 1. The first-order chi connectivity index (χ1) is 12.4. The number of carbonyl (C=O) groups excluding carboxylic acids is 2. The number of hydrogen-bond donors (Lipinski definition) is 0. The first-order valence-corrected chi connectivity index (χ1v) is 8.81. The molecule has 138 valence electrons. The third-order valence-electron chi connectivity index (χ3n) is 4.22. The number of amides is 1. The number of oxime groups is 1. The van der Waals surface area contributed by atoms with Crippen LogP contribution in [0.4, 0.5) is 4.79 Å². The minimum Gasteiger partial charge on any atom is -0.435 e. The maximum atomic E-state index is 12.8. The predicted octanol–water partition coefficient (Wildman–Crippen LogP) is 3.77. The van der Waals surface area contributed by atoms with E-state index in [1.165, 1.54) is 0 Å². The lowest BCUT2D eigenvalue weighted by Crippen LogP contribution is -2.36. The van der Waals surface area contributed by atoms with Crippen molar-refractivity contribution in [2.24, 2.45) is 10.6 Å². The van der Waals surface area contributed by atoms with Gasteiger partial charge in [0.2, 0.25) is 5.71 Å². The Balaban J connectivity index is 1.90. The smallest absolute Gasteiger partial charge is 0.435 e. The zero-order valence-electron chi connectivity index (χ0n) is 15.3. The highest BCUT2D eigenvalue weighted by molar-refractivity contribution is 6.46. The zero-order valence-corrected chi connectivity index (χ0v) is 15.3. The Morgan fingerprint density at radius 3 is 2.50 bits per heavy atom. The van der Waals surface area contributed by atoms with Crippen molar-refractivity contribution in [2.45, 2.75) is 40.0 Å². The molecule has 26 heavy (non-hydrogen) atoms. The summed E-state index contributed by atoms with van der Waals surface area (Å²) in [6.07, 6.45) is 2.43. The molecule has 1 amide bonds. The molecule has 0 atom stereocenters. The van der Waals surface area contributed by atoms with Crippen molar-refractivity contribution in [3.8, 4) is 0 Å². The van der Waals surface area contributed by atoms with Crippen molar-refractivity contribution >= 4 is 28.7 Å². The van der Waals surface area contributed by atoms with E-state index in [-0.39, 0.29) is 17.4 Å². The Hall–Kier alpha value is -2.70. The van der Waals surface area contributed by atoms with E-state index in [2.05, 4.69) is 10.1 Å². The Morgan fingerprint density at radius 1 is 1.15 bits per heavy atom. The standard InChI is InChI=1S/C19H23N3O4/c1-19(2,3)16(23)15(17-20-13-9-5-6-10-14(13)25-17)21-26-18(24)22-11-7-4-8-12-22/h5-6,9-10H,4,7-8,11-12H2,1-3H3/b21-15+. The van der Waals surface area contributed by atoms with E-state index < -0.39 is 11.5 Å². The summed E-state index contributed by atoms with van der Waals surface area (Å²) >= 11 is 0. The van der Waals surface area contributed by atoms with E-state index in [4.69, 9.17) is 9.25 Å². The lowest BCUT2D eigenvalue weighted by Gasteiger charge is -2.24. The summed E-state index contributed by atoms with van der Waals surface area (Å²) in [5.74, 6) is -0.256. The second kappa shape index (κ2) is 7.27. The second-order valence-electron chi connectivity index (χ2n) is 7.41. The van der Waals surface area contributed by atoms with Gasteiger partial charge < -0.3 is 9.32 Å². The number of rotatable bonds is 3. The summed E-state index contributed by atoms with van der Waals surface area (Å²) in [5.41, 5.74) is 0.342. The van der Waals surface area contributed by atoms with Gasteiger partial charge in [-0.3, -0.25) is 9.63 Å². The molecule has 1 fully saturated rings. The molecule has 3 rings (SSSR count). The molecule has 1 aliphatic heterocycles. The number of piperidine rings is 1. The number of aromatic nitrogens is 1. The normalized spacial score (nSPS) is 16.0. The molecule has 0 saturated carbocycles. The molecule has 1 aromatic heterocycles. The van der Waals surface area contributed by atoms with Gasteiger partial charge in [-0.25, -0.2) is 9.78 Å². The van der Waals surface area contributed by atoms with Gasteiger partial charge in [-0.15, -0.1) is 0 Å². The van der Waals surface area contributed by atoms with Crippen LogP contribution in [0, 0.1) is 5.41 Å². The molecule has 2 heterocycles. The molecule has 0 spiro atoms. The van der Waals surface area contributed by atoms with Crippen LogP contribution in [0.3, 0.4) is 0 Å². The highest BCUT2D eigenvalue weighted by Gasteiger charge is 2.32. The molecule has 0 N–H and O–H groups in total. The van der Waals surface area contributed by atoms with Crippen molar-refractivity contribution in [1.29, 1.82) is 0 Å². The topological polar surface area (TPSA) is 85.0 Å². The Kier molecular flexibility index (Phi) is 5.06. The van der Waals surface area contributed by atoms with Crippen molar-refractivity contribution in [2.75, 3.05) is 13.1 Å². The fraction of sp³-hybridized carbons (Fsp3) is 0.474. The number of hydrogen-bond acceptors (Lipinski definition) is 6. The fourth-order valence-electron chi connectivity index (χ4n) is 2.73. The number of carbonyl (C=O) groups is 2. The average Bonchev–Trinajstić information content (AvgIpc) is 3.05. The molecule has 7 heteroatoms. The third-order valence-corrected chi connectivity index (χ3v) is 4.22. The van der Waals surface area contributed by atoms with Crippen molar-refractivity contribution in [3.63, 3.8) is 0 Å². The molecule has 1 aliphatic rings. The Morgan fingerprint density at radius 2 is 1.85 bits per heavy atom. The number of fused-ring (bicyclic) bond motifs is 1. The highest BCUT2D eigenvalue weighted by Crippen LogP contribution is 2.22. The lowest BCUT2D eigenvalue weighted by molar-refractivity contribution is -0.119. The summed E-state index contributed by atoms with van der Waals surface area (Å²) in [5, 5.41) is 3.85. The van der Waals surface area contributed by atoms with Gasteiger partial charge in [0.05, 0.1) is 0 Å². The summed E-state index contributed by atoms with van der Waals surface area (Å²) in [4.78, 5) is 36.0. The molecule has 7 nitrogen and oxygen atoms in total. The number of para-hydroxylation sites is 2. The first kappa shape index (κ1) is 18.1. The molecular formula is C19H23N3O4. The lowest BCUT2D eigenvalue weighted by atomic mass is 9.88. The molecule has 1 aromatic carbocycles. The van der Waals surface area contributed by atoms with Crippen LogP contribution in [0.1, 0.15) is 45.9 Å². The van der Waals surface area contributed by atoms with Crippen LogP contribution in [-0.2, 0) is 9.63 Å². The van der Waals surface area contributed by atoms with E-state index in [0.29, 0.717) is 24.2 Å². The summed E-state index contributed by atoms with van der Waals surface area (Å²) in [7, 11) is 0. The molecular weight excluding hydrogens is 334 g/mol. The van der Waals surface area contributed by atoms with Gasteiger partial charge in [0, 0.05) is 18.5 Å². The monoisotopic (exact) mass is 357 g/mol. The van der Waals surface area contributed by atoms with Gasteiger partial charge in [0.1, 0.15) is 5.52 Å². The van der Waals surface area contributed by atoms with Gasteiger partial charge in [-0.05, 0) is 31.4 Å². The third kappa shape index (κ3) is 3.92. The van der Waals surface area contributed by atoms with Gasteiger partial charge in [-0.1, -0.05) is 38.1 Å². The predicted molar refractivity (Wildman–Crippen MR) is 96.9 cm³/mol. The number of benzene rings is 1. The summed E-state index contributed by atoms with van der Waals surface area (Å²) in [6.45, 7) is 6.57. The number of nitrogens with zero attached hydrogens (tertiary/aromatic N) is 3. The van der Waals surface area contributed by atoms with Crippen LogP contribution < -0.4 is 0 Å². The van der Waals surface area contributed by atoms with Gasteiger partial charge in [0.15, 0.2) is 11.4 Å². The maximum absolute atomic E-state index is 12.8. The number of ketones is 1. The Bertz CT molecular complexity index is 809. The second-order valence-corrected chi connectivity index (χ2v) is 7.41. The zero-order chi connectivity index (χ0) is 18.7. The molecule has 0 radical (unpaired) electrons. The summed E-state index contributed by atoms with van der Waals surface area (Å²) in [6, 6.07) is 7.18. The van der Waals surface area contributed by atoms with Gasteiger partial charge >= 0.3 is 6.09 Å². The van der Waals surface area contributed by atoms with E-state index in [1.54, 1.807) is 37.8 Å². The number of Topliss-reactive ketones (excluding diaryl/α,β-unsaturated/α-hetero) is 1. The number of oxazole rings is 1. The summed E-state index contributed by atoms with van der Waals surface area (Å²) < 4.78 is 5.66.